The van der Waals surface area contributed by atoms with Crippen LogP contribution in [0.5, 0.6) is 0 Å². The van der Waals surface area contributed by atoms with Gasteiger partial charge in [0.15, 0.2) is 0 Å². The smallest absolute Gasteiger partial charge is 0.239 e. The summed E-state index contributed by atoms with van der Waals surface area (Å²) in [6.45, 7) is 12.2. The first-order valence-electron chi connectivity index (χ1n) is 6.76. The molecule has 18 heavy (non-hydrogen) atoms. The Morgan fingerprint density at radius 1 is 1.39 bits per heavy atom. The number of carbonyl (C=O) groups is 1. The van der Waals surface area contributed by atoms with Crippen LogP contribution in [0.3, 0.4) is 0 Å². The first-order chi connectivity index (χ1) is 8.44. The Bertz CT molecular complexity index is 307. The van der Waals surface area contributed by atoms with Crippen molar-refractivity contribution in [1.29, 1.82) is 0 Å². The van der Waals surface area contributed by atoms with Crippen molar-refractivity contribution in [3.05, 3.63) is 0 Å². The molecule has 0 saturated carbocycles. The molecule has 2 aliphatic rings. The van der Waals surface area contributed by atoms with E-state index in [1.807, 2.05) is 13.8 Å². The fourth-order valence-corrected chi connectivity index (χ4v) is 2.43. The van der Waals surface area contributed by atoms with Gasteiger partial charge < -0.3 is 15.4 Å². The lowest BCUT2D eigenvalue weighted by Crippen LogP contribution is -2.61. The number of nitrogens with one attached hydrogen (secondary N) is 2. The van der Waals surface area contributed by atoms with Crippen LogP contribution in [0.2, 0.25) is 0 Å². The fraction of sp³-hybridized carbons (Fsp3) is 0.923. The van der Waals surface area contributed by atoms with Crippen molar-refractivity contribution in [1.82, 2.24) is 15.5 Å². The van der Waals surface area contributed by atoms with Gasteiger partial charge in [0.05, 0.1) is 18.8 Å². The Morgan fingerprint density at radius 3 is 2.50 bits per heavy atom. The van der Waals surface area contributed by atoms with E-state index in [2.05, 4.69) is 22.5 Å². The lowest BCUT2D eigenvalue weighted by molar-refractivity contribution is -0.136. The molecule has 0 spiro atoms. The summed E-state index contributed by atoms with van der Waals surface area (Å²) < 4.78 is 5.20. The Kier molecular flexibility index (Phi) is 3.94. The molecule has 1 amide bonds. The van der Waals surface area contributed by atoms with Crippen LogP contribution < -0.4 is 10.6 Å². The lowest BCUT2D eigenvalue weighted by Gasteiger charge is -2.42. The third kappa shape index (κ3) is 2.84. The largest absolute Gasteiger partial charge is 0.380 e. The summed E-state index contributed by atoms with van der Waals surface area (Å²) in [5.41, 5.74) is -0.293. The second kappa shape index (κ2) is 5.15. The molecule has 5 heteroatoms. The normalized spacial score (nSPS) is 24.4. The average molecular weight is 255 g/mol. The number of hydrogen-bond acceptors (Lipinski definition) is 4. The highest BCUT2D eigenvalue weighted by Crippen LogP contribution is 2.25. The third-order valence-corrected chi connectivity index (χ3v) is 4.04. The minimum absolute atomic E-state index is 0.123. The second-order valence-electron chi connectivity index (χ2n) is 6.28. The Hall–Kier alpha value is -0.650. The van der Waals surface area contributed by atoms with E-state index < -0.39 is 5.54 Å². The van der Waals surface area contributed by atoms with Crippen molar-refractivity contribution in [3.8, 4) is 0 Å². The summed E-state index contributed by atoms with van der Waals surface area (Å²) in [4.78, 5) is 14.6. The number of carbonyl (C=O) groups excluding carboxylic acids is 1. The van der Waals surface area contributed by atoms with Crippen LogP contribution in [0.25, 0.3) is 0 Å². The number of nitrogens with zero attached hydrogens (tertiary/aromatic N) is 1. The van der Waals surface area contributed by atoms with Crippen LogP contribution in [-0.2, 0) is 9.53 Å². The Labute approximate surface area is 109 Å². The van der Waals surface area contributed by atoms with E-state index >= 15 is 0 Å². The molecule has 0 bridgehead atoms. The van der Waals surface area contributed by atoms with Crippen molar-refractivity contribution in [2.24, 2.45) is 5.41 Å². The molecule has 0 aliphatic carbocycles. The summed E-state index contributed by atoms with van der Waals surface area (Å²) in [6.07, 6.45) is 0. The van der Waals surface area contributed by atoms with Gasteiger partial charge in [0, 0.05) is 38.1 Å². The molecule has 2 N–H and O–H groups in total. The van der Waals surface area contributed by atoms with Crippen molar-refractivity contribution >= 4 is 5.91 Å². The van der Waals surface area contributed by atoms with E-state index in [0.717, 1.165) is 39.4 Å². The maximum Gasteiger partial charge on any atom is 0.239 e. The molecule has 2 rings (SSSR count). The fourth-order valence-electron chi connectivity index (χ4n) is 2.43. The number of hydrogen-bond donors (Lipinski definition) is 2. The lowest BCUT2D eigenvalue weighted by atomic mass is 9.88. The van der Waals surface area contributed by atoms with Crippen LogP contribution in [-0.4, -0.2) is 62.3 Å². The van der Waals surface area contributed by atoms with Gasteiger partial charge in [0.25, 0.3) is 0 Å². The Balaban J connectivity index is 1.85. The van der Waals surface area contributed by atoms with Gasteiger partial charge in [-0.05, 0) is 13.8 Å². The zero-order valence-electron chi connectivity index (χ0n) is 11.7. The highest BCUT2D eigenvalue weighted by Gasteiger charge is 2.38. The van der Waals surface area contributed by atoms with Gasteiger partial charge in [-0.3, -0.25) is 9.69 Å². The standard InChI is InChI=1S/C13H25N3O2/c1-12(2,16-6-4-14-5-7-16)11(17)15-8-13(3)9-18-10-13/h14H,4-10H2,1-3H3,(H,15,17). The number of piperazine rings is 1. The molecule has 0 atom stereocenters. The third-order valence-electron chi connectivity index (χ3n) is 4.04. The van der Waals surface area contributed by atoms with Crippen LogP contribution in [0.15, 0.2) is 0 Å². The van der Waals surface area contributed by atoms with Crippen LogP contribution in [0.4, 0.5) is 0 Å². The zero-order valence-corrected chi connectivity index (χ0v) is 11.7. The molecule has 0 radical (unpaired) electrons. The SMILES string of the molecule is CC1(CNC(=O)C(C)(C)N2CCNCC2)COC1. The predicted molar refractivity (Wildman–Crippen MR) is 70.5 cm³/mol. The van der Waals surface area contributed by atoms with Gasteiger partial charge >= 0.3 is 0 Å². The van der Waals surface area contributed by atoms with E-state index in [-0.39, 0.29) is 11.3 Å². The highest BCUT2D eigenvalue weighted by atomic mass is 16.5. The van der Waals surface area contributed by atoms with E-state index in [1.54, 1.807) is 0 Å². The van der Waals surface area contributed by atoms with E-state index in [0.29, 0.717) is 6.54 Å². The molecule has 0 unspecified atom stereocenters. The monoisotopic (exact) mass is 255 g/mol. The molecular formula is C13H25N3O2. The topological polar surface area (TPSA) is 53.6 Å². The van der Waals surface area contributed by atoms with Crippen molar-refractivity contribution in [2.75, 3.05) is 45.9 Å². The van der Waals surface area contributed by atoms with Crippen molar-refractivity contribution in [3.63, 3.8) is 0 Å². The quantitative estimate of drug-likeness (QED) is 0.732. The highest BCUT2D eigenvalue weighted by molar-refractivity contribution is 5.85. The van der Waals surface area contributed by atoms with Crippen molar-refractivity contribution in [2.45, 2.75) is 26.3 Å². The van der Waals surface area contributed by atoms with E-state index in [9.17, 15) is 4.79 Å². The van der Waals surface area contributed by atoms with Gasteiger partial charge in [0.1, 0.15) is 0 Å². The van der Waals surface area contributed by atoms with Gasteiger partial charge in [0.2, 0.25) is 5.91 Å². The van der Waals surface area contributed by atoms with Gasteiger partial charge in [-0.2, -0.15) is 0 Å². The van der Waals surface area contributed by atoms with Crippen molar-refractivity contribution < 1.29 is 9.53 Å². The maximum atomic E-state index is 12.3. The number of ether oxygens (including phenoxy) is 1. The minimum atomic E-state index is -0.428. The van der Waals surface area contributed by atoms with Gasteiger partial charge in [-0.1, -0.05) is 6.92 Å². The summed E-state index contributed by atoms with van der Waals surface area (Å²) in [5, 5.41) is 6.39. The molecule has 2 heterocycles. The van der Waals surface area contributed by atoms with Gasteiger partial charge in [-0.15, -0.1) is 0 Å². The molecule has 104 valence electrons. The summed E-state index contributed by atoms with van der Waals surface area (Å²) in [7, 11) is 0. The van der Waals surface area contributed by atoms with Crippen LogP contribution in [0, 0.1) is 5.41 Å². The molecule has 0 aromatic rings. The molecule has 2 aliphatic heterocycles. The molecule has 0 aromatic carbocycles. The first kappa shape index (κ1) is 13.8. The maximum absolute atomic E-state index is 12.3. The van der Waals surface area contributed by atoms with Crippen LogP contribution in [0.1, 0.15) is 20.8 Å². The van der Waals surface area contributed by atoms with E-state index in [1.165, 1.54) is 0 Å². The van der Waals surface area contributed by atoms with E-state index in [4.69, 9.17) is 4.74 Å². The first-order valence-corrected chi connectivity index (χ1v) is 6.76. The zero-order chi connectivity index (χ0) is 13.2. The molecule has 5 nitrogen and oxygen atoms in total. The molecule has 2 fully saturated rings. The summed E-state index contributed by atoms with van der Waals surface area (Å²) in [5.74, 6) is 0.123. The average Bonchev–Trinajstić information content (AvgIpc) is 2.34. The molecule has 2 saturated heterocycles. The minimum Gasteiger partial charge on any atom is -0.380 e. The number of rotatable bonds is 4. The number of amides is 1. The molecule has 0 aromatic heterocycles. The second-order valence-corrected chi connectivity index (χ2v) is 6.28. The predicted octanol–water partition coefficient (Wildman–Crippen LogP) is -0.177. The summed E-state index contributed by atoms with van der Waals surface area (Å²) in [6, 6.07) is 0. The van der Waals surface area contributed by atoms with Crippen LogP contribution >= 0.6 is 0 Å². The Morgan fingerprint density at radius 2 is 2.00 bits per heavy atom. The molecular weight excluding hydrogens is 230 g/mol. The summed E-state index contributed by atoms with van der Waals surface area (Å²) >= 11 is 0. The van der Waals surface area contributed by atoms with Gasteiger partial charge in [-0.25, -0.2) is 0 Å².